The molecular weight excluding hydrogens is 280 g/mol. The summed E-state index contributed by atoms with van der Waals surface area (Å²) in [4.78, 5) is 22.6. The minimum atomic E-state index is -1.10. The first kappa shape index (κ1) is 16.3. The number of aliphatic carboxylic acids is 2. The molecule has 0 bridgehead atoms. The molecule has 0 aliphatic heterocycles. The van der Waals surface area contributed by atoms with Crippen molar-refractivity contribution in [3.05, 3.63) is 47.0 Å². The van der Waals surface area contributed by atoms with Crippen LogP contribution in [0, 0.1) is 5.92 Å². The van der Waals surface area contributed by atoms with Crippen LogP contribution in [0.25, 0.3) is 0 Å². The van der Waals surface area contributed by atoms with Crippen LogP contribution in [0.4, 0.5) is 0 Å². The van der Waals surface area contributed by atoms with Gasteiger partial charge in [0.1, 0.15) is 0 Å². The number of carboxylic acids is 2. The minimum absolute atomic E-state index is 0.0725. The maximum Gasteiger partial charge on any atom is 0.332 e. The molecule has 22 heavy (non-hydrogen) atoms. The van der Waals surface area contributed by atoms with Gasteiger partial charge in [0.2, 0.25) is 0 Å². The Morgan fingerprint density at radius 1 is 1.00 bits per heavy atom. The normalized spacial score (nSPS) is 16.9. The minimum Gasteiger partial charge on any atom is -0.481 e. The molecule has 1 aromatic rings. The van der Waals surface area contributed by atoms with E-state index in [1.807, 2.05) is 30.3 Å². The molecule has 1 aliphatic rings. The second-order valence-corrected chi connectivity index (χ2v) is 5.88. The van der Waals surface area contributed by atoms with Gasteiger partial charge >= 0.3 is 11.9 Å². The molecule has 4 heteroatoms. The van der Waals surface area contributed by atoms with Gasteiger partial charge in [-0.3, -0.25) is 4.79 Å². The van der Waals surface area contributed by atoms with Crippen molar-refractivity contribution >= 4 is 11.9 Å². The van der Waals surface area contributed by atoms with Crippen LogP contribution >= 0.6 is 0 Å². The summed E-state index contributed by atoms with van der Waals surface area (Å²) in [7, 11) is 0. The van der Waals surface area contributed by atoms with Crippen molar-refractivity contribution in [2.45, 2.75) is 44.9 Å². The van der Waals surface area contributed by atoms with E-state index in [4.69, 9.17) is 5.11 Å². The zero-order valence-electron chi connectivity index (χ0n) is 12.6. The molecule has 0 unspecified atom stereocenters. The van der Waals surface area contributed by atoms with E-state index in [0.29, 0.717) is 6.42 Å². The Bertz CT molecular complexity index is 554. The Morgan fingerprint density at radius 2 is 1.64 bits per heavy atom. The molecule has 0 spiro atoms. The molecule has 2 rings (SSSR count). The quantitative estimate of drug-likeness (QED) is 0.786. The van der Waals surface area contributed by atoms with Crippen LogP contribution in [0.15, 0.2) is 41.5 Å². The fourth-order valence-corrected chi connectivity index (χ4v) is 3.24. The first-order chi connectivity index (χ1) is 10.6. The van der Waals surface area contributed by atoms with Crippen molar-refractivity contribution in [1.29, 1.82) is 0 Å². The van der Waals surface area contributed by atoms with E-state index in [0.717, 1.165) is 36.8 Å². The Labute approximate surface area is 130 Å². The average molecular weight is 302 g/mol. The number of allylic oxidation sites excluding steroid dienone is 1. The summed E-state index contributed by atoms with van der Waals surface area (Å²) in [6.07, 6.45) is 5.38. The first-order valence-electron chi connectivity index (χ1n) is 7.79. The standard InChI is InChI=1S/C18H22O4/c19-17(20)12-16(18(21)22)15(14-9-5-2-6-10-14)11-13-7-3-1-4-8-13/h1,3-4,7-8,14H,2,5-6,9-12H2,(H,19,20)(H,21,22). The number of hydrogen-bond acceptors (Lipinski definition) is 2. The van der Waals surface area contributed by atoms with E-state index in [2.05, 4.69) is 0 Å². The van der Waals surface area contributed by atoms with E-state index in [1.165, 1.54) is 6.42 Å². The molecule has 0 saturated heterocycles. The summed E-state index contributed by atoms with van der Waals surface area (Å²) in [5.74, 6) is -1.99. The van der Waals surface area contributed by atoms with E-state index in [9.17, 15) is 14.7 Å². The lowest BCUT2D eigenvalue weighted by Crippen LogP contribution is -2.18. The first-order valence-corrected chi connectivity index (χ1v) is 7.79. The van der Waals surface area contributed by atoms with E-state index in [-0.39, 0.29) is 11.5 Å². The highest BCUT2D eigenvalue weighted by Gasteiger charge is 2.25. The highest BCUT2D eigenvalue weighted by molar-refractivity contribution is 5.93. The Morgan fingerprint density at radius 3 is 2.18 bits per heavy atom. The van der Waals surface area contributed by atoms with Crippen LogP contribution in [0.2, 0.25) is 0 Å². The largest absolute Gasteiger partial charge is 0.481 e. The van der Waals surface area contributed by atoms with Crippen LogP contribution in [-0.2, 0) is 16.0 Å². The molecule has 0 atom stereocenters. The van der Waals surface area contributed by atoms with Crippen molar-refractivity contribution in [2.75, 3.05) is 0 Å². The summed E-state index contributed by atoms with van der Waals surface area (Å²) < 4.78 is 0. The molecule has 0 heterocycles. The highest BCUT2D eigenvalue weighted by atomic mass is 16.4. The Kier molecular flexibility index (Phi) is 5.75. The molecule has 1 aliphatic carbocycles. The SMILES string of the molecule is O=C(O)CC(C(=O)O)=C(Cc1ccccc1)C1CCCCC1. The smallest absolute Gasteiger partial charge is 0.332 e. The van der Waals surface area contributed by atoms with Crippen molar-refractivity contribution in [2.24, 2.45) is 5.92 Å². The summed E-state index contributed by atoms with van der Waals surface area (Å²) in [6, 6.07) is 9.69. The molecule has 1 fully saturated rings. The van der Waals surface area contributed by atoms with Gasteiger partial charge in [-0.15, -0.1) is 0 Å². The fraction of sp³-hybridized carbons (Fsp3) is 0.444. The Hall–Kier alpha value is -2.10. The lowest BCUT2D eigenvalue weighted by Gasteiger charge is -2.26. The van der Waals surface area contributed by atoms with Gasteiger partial charge in [0.05, 0.1) is 6.42 Å². The number of benzene rings is 1. The van der Waals surface area contributed by atoms with Crippen LogP contribution in [0.3, 0.4) is 0 Å². The molecule has 118 valence electrons. The molecule has 1 saturated carbocycles. The molecule has 1 aromatic carbocycles. The van der Waals surface area contributed by atoms with Crippen molar-refractivity contribution in [1.82, 2.24) is 0 Å². The molecule has 2 N–H and O–H groups in total. The van der Waals surface area contributed by atoms with Crippen LogP contribution in [0.5, 0.6) is 0 Å². The third-order valence-electron chi connectivity index (χ3n) is 4.31. The van der Waals surface area contributed by atoms with Gasteiger partial charge in [-0.05, 0) is 30.7 Å². The number of hydrogen-bond donors (Lipinski definition) is 2. The molecule has 0 amide bonds. The maximum absolute atomic E-state index is 11.6. The van der Waals surface area contributed by atoms with Crippen molar-refractivity contribution in [3.63, 3.8) is 0 Å². The molecule has 0 aromatic heterocycles. The zero-order chi connectivity index (χ0) is 15.9. The number of rotatable bonds is 6. The van der Waals surface area contributed by atoms with Gasteiger partial charge < -0.3 is 10.2 Å². The second-order valence-electron chi connectivity index (χ2n) is 5.88. The van der Waals surface area contributed by atoms with Gasteiger partial charge in [-0.1, -0.05) is 55.2 Å². The van der Waals surface area contributed by atoms with Gasteiger partial charge in [0, 0.05) is 5.57 Å². The molecule has 0 radical (unpaired) electrons. The number of carboxylic acid groups (broad SMARTS) is 2. The average Bonchev–Trinajstić information content (AvgIpc) is 2.52. The molecular formula is C18H22O4. The summed E-state index contributed by atoms with van der Waals surface area (Å²) in [5, 5.41) is 18.5. The van der Waals surface area contributed by atoms with Crippen LogP contribution in [0.1, 0.15) is 44.1 Å². The summed E-state index contributed by atoms with van der Waals surface area (Å²) in [5.41, 5.74) is 1.91. The van der Waals surface area contributed by atoms with Crippen molar-refractivity contribution in [3.8, 4) is 0 Å². The van der Waals surface area contributed by atoms with Crippen LogP contribution < -0.4 is 0 Å². The monoisotopic (exact) mass is 302 g/mol. The topological polar surface area (TPSA) is 74.6 Å². The highest BCUT2D eigenvalue weighted by Crippen LogP contribution is 2.34. The summed E-state index contributed by atoms with van der Waals surface area (Å²) >= 11 is 0. The predicted molar refractivity (Wildman–Crippen MR) is 83.6 cm³/mol. The van der Waals surface area contributed by atoms with E-state index >= 15 is 0 Å². The van der Waals surface area contributed by atoms with Gasteiger partial charge in [-0.25, -0.2) is 4.79 Å². The third-order valence-corrected chi connectivity index (χ3v) is 4.31. The fourth-order valence-electron chi connectivity index (χ4n) is 3.24. The number of carbonyl (C=O) groups is 2. The Balaban J connectivity index is 2.37. The second kappa shape index (κ2) is 7.78. The predicted octanol–water partition coefficient (Wildman–Crippen LogP) is 3.67. The molecule has 4 nitrogen and oxygen atoms in total. The third kappa shape index (κ3) is 4.45. The maximum atomic E-state index is 11.6. The zero-order valence-corrected chi connectivity index (χ0v) is 12.6. The van der Waals surface area contributed by atoms with Gasteiger partial charge in [-0.2, -0.15) is 0 Å². The lowest BCUT2D eigenvalue weighted by atomic mass is 9.79. The van der Waals surface area contributed by atoms with E-state index < -0.39 is 18.4 Å². The van der Waals surface area contributed by atoms with Crippen LogP contribution in [-0.4, -0.2) is 22.2 Å². The van der Waals surface area contributed by atoms with E-state index in [1.54, 1.807) is 0 Å². The lowest BCUT2D eigenvalue weighted by molar-refractivity contribution is -0.139. The van der Waals surface area contributed by atoms with Gasteiger partial charge in [0.15, 0.2) is 0 Å². The summed E-state index contributed by atoms with van der Waals surface area (Å²) in [6.45, 7) is 0. The van der Waals surface area contributed by atoms with Gasteiger partial charge in [0.25, 0.3) is 0 Å². The van der Waals surface area contributed by atoms with Crippen molar-refractivity contribution < 1.29 is 19.8 Å².